The van der Waals surface area contributed by atoms with Gasteiger partial charge in [0.15, 0.2) is 5.60 Å². The zero-order valence-electron chi connectivity index (χ0n) is 11.4. The molecule has 1 aromatic rings. The molecule has 1 N–H and O–H groups in total. The second-order valence-electron chi connectivity index (χ2n) is 4.83. The largest absolute Gasteiger partial charge is 0.362 e. The van der Waals surface area contributed by atoms with E-state index in [1.165, 1.54) is 10.9 Å². The number of likely N-dealkylation sites (N-methyl/N-ethyl adjacent to an activating group) is 1. The SMILES string of the molecule is CNC(=O)[C@]1(C)CN(C(=O)Cn2cc(Cl)cn2)CCO1. The lowest BCUT2D eigenvalue weighted by atomic mass is 10.0. The number of carbonyl (C=O) groups is 2. The molecule has 110 valence electrons. The van der Waals surface area contributed by atoms with Gasteiger partial charge in [-0.2, -0.15) is 5.10 Å². The van der Waals surface area contributed by atoms with Crippen molar-refractivity contribution in [1.29, 1.82) is 0 Å². The van der Waals surface area contributed by atoms with Crippen LogP contribution in [0.1, 0.15) is 6.92 Å². The fourth-order valence-electron chi connectivity index (χ4n) is 2.15. The molecule has 0 saturated carbocycles. The zero-order chi connectivity index (χ0) is 14.8. The number of nitrogens with one attached hydrogen (secondary N) is 1. The summed E-state index contributed by atoms with van der Waals surface area (Å²) in [4.78, 5) is 25.6. The molecule has 8 heteroatoms. The molecular weight excluding hydrogens is 284 g/mol. The van der Waals surface area contributed by atoms with Gasteiger partial charge < -0.3 is 15.0 Å². The lowest BCUT2D eigenvalue weighted by Gasteiger charge is -2.39. The minimum Gasteiger partial charge on any atom is -0.362 e. The quantitative estimate of drug-likeness (QED) is 0.846. The van der Waals surface area contributed by atoms with Gasteiger partial charge in [-0.15, -0.1) is 0 Å². The minimum absolute atomic E-state index is 0.0938. The minimum atomic E-state index is -1.01. The summed E-state index contributed by atoms with van der Waals surface area (Å²) in [6.45, 7) is 2.78. The summed E-state index contributed by atoms with van der Waals surface area (Å²) >= 11 is 5.75. The van der Waals surface area contributed by atoms with Crippen LogP contribution < -0.4 is 5.32 Å². The number of aromatic nitrogens is 2. The number of morpholine rings is 1. The van der Waals surface area contributed by atoms with Gasteiger partial charge >= 0.3 is 0 Å². The van der Waals surface area contributed by atoms with E-state index in [1.54, 1.807) is 25.1 Å². The van der Waals surface area contributed by atoms with Gasteiger partial charge in [-0.1, -0.05) is 11.6 Å². The summed E-state index contributed by atoms with van der Waals surface area (Å²) in [5.74, 6) is -0.361. The molecular formula is C12H17ClN4O3. The number of hydrogen-bond donors (Lipinski definition) is 1. The topological polar surface area (TPSA) is 76.5 Å². The average molecular weight is 301 g/mol. The van der Waals surface area contributed by atoms with Crippen molar-refractivity contribution in [2.45, 2.75) is 19.1 Å². The Bertz CT molecular complexity index is 519. The Kier molecular flexibility index (Phi) is 4.29. The fraction of sp³-hybridized carbons (Fsp3) is 0.583. The molecule has 1 saturated heterocycles. The molecule has 2 rings (SSSR count). The van der Waals surface area contributed by atoms with Gasteiger partial charge in [-0.3, -0.25) is 14.3 Å². The summed E-state index contributed by atoms with van der Waals surface area (Å²) in [5, 5.41) is 7.00. The van der Waals surface area contributed by atoms with E-state index in [0.29, 0.717) is 18.2 Å². The van der Waals surface area contributed by atoms with Crippen molar-refractivity contribution < 1.29 is 14.3 Å². The molecule has 1 atom stereocenters. The third kappa shape index (κ3) is 3.10. The number of nitrogens with zero attached hydrogens (tertiary/aromatic N) is 3. The molecule has 1 aromatic heterocycles. The van der Waals surface area contributed by atoms with Crippen molar-refractivity contribution in [2.75, 3.05) is 26.7 Å². The summed E-state index contributed by atoms with van der Waals surface area (Å²) in [7, 11) is 1.55. The standard InChI is InChI=1S/C12H17ClN4O3/c1-12(11(19)14-2)8-16(3-4-20-12)10(18)7-17-6-9(13)5-15-17/h5-6H,3-4,7-8H2,1-2H3,(H,14,19)/t12-/m0/s1. The van der Waals surface area contributed by atoms with Crippen molar-refractivity contribution in [3.63, 3.8) is 0 Å². The molecule has 0 spiro atoms. The first-order chi connectivity index (χ1) is 9.44. The van der Waals surface area contributed by atoms with Gasteiger partial charge in [0.05, 0.1) is 24.4 Å². The first kappa shape index (κ1) is 14.8. The van der Waals surface area contributed by atoms with Crippen LogP contribution in [0.5, 0.6) is 0 Å². The number of ether oxygens (including phenoxy) is 1. The summed E-state index contributed by atoms with van der Waals surface area (Å²) in [6.07, 6.45) is 3.06. The van der Waals surface area contributed by atoms with Crippen LogP contribution in [0.2, 0.25) is 5.02 Å². The van der Waals surface area contributed by atoms with Crippen LogP contribution in [-0.2, 0) is 20.9 Å². The highest BCUT2D eigenvalue weighted by molar-refractivity contribution is 6.30. The van der Waals surface area contributed by atoms with Gasteiger partial charge in [0.2, 0.25) is 5.91 Å². The molecule has 1 aliphatic heterocycles. The highest BCUT2D eigenvalue weighted by atomic mass is 35.5. The fourth-order valence-corrected chi connectivity index (χ4v) is 2.30. The first-order valence-electron chi connectivity index (χ1n) is 6.26. The predicted octanol–water partition coefficient (Wildman–Crippen LogP) is -0.100. The van der Waals surface area contributed by atoms with Gasteiger partial charge in [0.1, 0.15) is 6.54 Å². The molecule has 0 radical (unpaired) electrons. The number of rotatable bonds is 3. The number of carbonyl (C=O) groups excluding carboxylic acids is 2. The van der Waals surface area contributed by atoms with Crippen molar-refractivity contribution in [3.05, 3.63) is 17.4 Å². The van der Waals surface area contributed by atoms with Crippen LogP contribution >= 0.6 is 11.6 Å². The maximum Gasteiger partial charge on any atom is 0.253 e. The molecule has 2 heterocycles. The maximum absolute atomic E-state index is 12.2. The Morgan fingerprint density at radius 1 is 1.60 bits per heavy atom. The van der Waals surface area contributed by atoms with Crippen molar-refractivity contribution in [1.82, 2.24) is 20.0 Å². The van der Waals surface area contributed by atoms with E-state index in [9.17, 15) is 9.59 Å². The normalized spacial score (nSPS) is 22.6. The van der Waals surface area contributed by atoms with E-state index in [1.807, 2.05) is 0 Å². The summed E-state index contributed by atoms with van der Waals surface area (Å²) in [6, 6.07) is 0. The van der Waals surface area contributed by atoms with E-state index in [-0.39, 0.29) is 24.9 Å². The Morgan fingerprint density at radius 2 is 2.35 bits per heavy atom. The van der Waals surface area contributed by atoms with E-state index >= 15 is 0 Å². The zero-order valence-corrected chi connectivity index (χ0v) is 12.2. The van der Waals surface area contributed by atoms with Crippen LogP contribution in [0.3, 0.4) is 0 Å². The lowest BCUT2D eigenvalue weighted by molar-refractivity contribution is -0.162. The summed E-state index contributed by atoms with van der Waals surface area (Å²) in [5.41, 5.74) is -1.01. The lowest BCUT2D eigenvalue weighted by Crippen LogP contribution is -2.59. The molecule has 0 bridgehead atoms. The van der Waals surface area contributed by atoms with E-state index in [2.05, 4.69) is 10.4 Å². The molecule has 0 aromatic carbocycles. The maximum atomic E-state index is 12.2. The van der Waals surface area contributed by atoms with Gasteiger partial charge in [-0.25, -0.2) is 0 Å². The van der Waals surface area contributed by atoms with Crippen LogP contribution in [0, 0.1) is 0 Å². The first-order valence-corrected chi connectivity index (χ1v) is 6.64. The highest BCUT2D eigenvalue weighted by Gasteiger charge is 2.40. The van der Waals surface area contributed by atoms with Crippen molar-refractivity contribution in [2.24, 2.45) is 0 Å². The third-order valence-corrected chi connectivity index (χ3v) is 3.43. The van der Waals surface area contributed by atoms with Crippen LogP contribution in [0.15, 0.2) is 12.4 Å². The molecule has 0 aliphatic carbocycles. The monoisotopic (exact) mass is 300 g/mol. The summed E-state index contributed by atoms with van der Waals surface area (Å²) < 4.78 is 6.97. The van der Waals surface area contributed by atoms with Crippen molar-refractivity contribution >= 4 is 23.4 Å². The molecule has 1 fully saturated rings. The molecule has 1 aliphatic rings. The molecule has 20 heavy (non-hydrogen) atoms. The second kappa shape index (κ2) is 5.80. The van der Waals surface area contributed by atoms with E-state index < -0.39 is 5.60 Å². The van der Waals surface area contributed by atoms with Gasteiger partial charge in [0, 0.05) is 19.8 Å². The average Bonchev–Trinajstić information content (AvgIpc) is 2.83. The smallest absolute Gasteiger partial charge is 0.253 e. The van der Waals surface area contributed by atoms with Gasteiger partial charge in [0.25, 0.3) is 5.91 Å². The molecule has 7 nitrogen and oxygen atoms in total. The van der Waals surface area contributed by atoms with E-state index in [0.717, 1.165) is 0 Å². The van der Waals surface area contributed by atoms with Gasteiger partial charge in [-0.05, 0) is 6.92 Å². The van der Waals surface area contributed by atoms with E-state index in [4.69, 9.17) is 16.3 Å². The molecule has 2 amide bonds. The van der Waals surface area contributed by atoms with Crippen LogP contribution in [0.4, 0.5) is 0 Å². The van der Waals surface area contributed by atoms with Crippen LogP contribution in [-0.4, -0.2) is 58.8 Å². The number of amides is 2. The Labute approximate surface area is 121 Å². The molecule has 0 unspecified atom stereocenters. The predicted molar refractivity (Wildman–Crippen MR) is 72.2 cm³/mol. The Balaban J connectivity index is 2.01. The Morgan fingerprint density at radius 3 is 2.95 bits per heavy atom. The Hall–Kier alpha value is -1.60. The van der Waals surface area contributed by atoms with Crippen LogP contribution in [0.25, 0.3) is 0 Å². The number of hydrogen-bond acceptors (Lipinski definition) is 4. The second-order valence-corrected chi connectivity index (χ2v) is 5.27. The highest BCUT2D eigenvalue weighted by Crippen LogP contribution is 2.18. The number of halogens is 1. The third-order valence-electron chi connectivity index (χ3n) is 3.23. The van der Waals surface area contributed by atoms with Crippen molar-refractivity contribution in [3.8, 4) is 0 Å².